The van der Waals surface area contributed by atoms with Crippen LogP contribution in [0.2, 0.25) is 0 Å². The molecule has 7 heteroatoms. The van der Waals surface area contributed by atoms with Crippen LogP contribution in [0.4, 0.5) is 10.5 Å². The third kappa shape index (κ3) is 5.63. The molecule has 0 spiro atoms. The van der Waals surface area contributed by atoms with Gasteiger partial charge < -0.3 is 19.9 Å². The van der Waals surface area contributed by atoms with Gasteiger partial charge in [-0.25, -0.2) is 4.79 Å². The number of carbonyl (C=O) groups is 3. The van der Waals surface area contributed by atoms with Crippen LogP contribution in [0.15, 0.2) is 30.3 Å². The van der Waals surface area contributed by atoms with E-state index in [0.717, 1.165) is 5.56 Å². The molecular formula is C18H23N3O4. The number of nitrogens with zero attached hydrogens (tertiary/aromatic N) is 2. The topological polar surface area (TPSA) is 79.0 Å². The molecule has 1 aromatic rings. The number of hydrogen-bond acceptors (Lipinski definition) is 4. The van der Waals surface area contributed by atoms with E-state index >= 15 is 0 Å². The van der Waals surface area contributed by atoms with Gasteiger partial charge in [0.1, 0.15) is 0 Å². The Labute approximate surface area is 147 Å². The summed E-state index contributed by atoms with van der Waals surface area (Å²) in [6.07, 6.45) is 2.93. The van der Waals surface area contributed by atoms with Gasteiger partial charge in [0.25, 0.3) is 0 Å². The largest absolute Gasteiger partial charge is 0.450 e. The fourth-order valence-corrected chi connectivity index (χ4v) is 2.48. The molecule has 1 heterocycles. The van der Waals surface area contributed by atoms with E-state index in [1.54, 1.807) is 34.9 Å². The van der Waals surface area contributed by atoms with Crippen molar-refractivity contribution < 1.29 is 19.1 Å². The summed E-state index contributed by atoms with van der Waals surface area (Å²) in [5, 5.41) is 2.69. The molecule has 134 valence electrons. The average molecular weight is 345 g/mol. The normalized spacial score (nSPS) is 14.5. The minimum Gasteiger partial charge on any atom is -0.450 e. The van der Waals surface area contributed by atoms with Crippen molar-refractivity contribution in [3.05, 3.63) is 35.9 Å². The van der Waals surface area contributed by atoms with Crippen LogP contribution in [0.1, 0.15) is 19.4 Å². The van der Waals surface area contributed by atoms with Crippen LogP contribution in [0, 0.1) is 0 Å². The van der Waals surface area contributed by atoms with Crippen molar-refractivity contribution >= 4 is 29.7 Å². The van der Waals surface area contributed by atoms with Gasteiger partial charge in [0.2, 0.25) is 11.8 Å². The molecule has 1 aromatic carbocycles. The second-order valence-corrected chi connectivity index (χ2v) is 5.65. The van der Waals surface area contributed by atoms with E-state index in [4.69, 9.17) is 4.74 Å². The summed E-state index contributed by atoms with van der Waals surface area (Å²) in [6, 6.07) is 7.22. The number of carbonyl (C=O) groups excluding carboxylic acids is 3. The molecule has 0 atom stereocenters. The first-order valence-corrected chi connectivity index (χ1v) is 8.26. The van der Waals surface area contributed by atoms with Crippen molar-refractivity contribution in [3.8, 4) is 0 Å². The van der Waals surface area contributed by atoms with Crippen molar-refractivity contribution in [1.82, 2.24) is 9.80 Å². The summed E-state index contributed by atoms with van der Waals surface area (Å²) in [6.45, 7) is 5.50. The molecule has 1 fully saturated rings. The van der Waals surface area contributed by atoms with Crippen LogP contribution >= 0.6 is 0 Å². The van der Waals surface area contributed by atoms with Crippen molar-refractivity contribution in [2.75, 3.05) is 38.1 Å². The zero-order valence-electron chi connectivity index (χ0n) is 14.5. The number of ether oxygens (including phenoxy) is 1. The fraction of sp³-hybridized carbons (Fsp3) is 0.389. The number of rotatable bonds is 4. The summed E-state index contributed by atoms with van der Waals surface area (Å²) >= 11 is 0. The molecule has 1 N–H and O–H groups in total. The standard InChI is InChI=1S/C18H23N3O4/c1-3-25-18(24)21-12-10-20(11-13-21)17(23)9-6-15-4-7-16(8-5-15)19-14(2)22/h4-9H,3,10-13H2,1-2H3,(H,19,22)/b9-6+. The lowest BCUT2D eigenvalue weighted by Crippen LogP contribution is -2.50. The molecule has 0 saturated carbocycles. The van der Waals surface area contributed by atoms with E-state index < -0.39 is 0 Å². The maximum Gasteiger partial charge on any atom is 0.409 e. The van der Waals surface area contributed by atoms with Crippen molar-refractivity contribution in [3.63, 3.8) is 0 Å². The number of nitrogens with one attached hydrogen (secondary N) is 1. The van der Waals surface area contributed by atoms with E-state index in [0.29, 0.717) is 38.5 Å². The zero-order chi connectivity index (χ0) is 18.2. The lowest BCUT2D eigenvalue weighted by molar-refractivity contribution is -0.127. The van der Waals surface area contributed by atoms with Gasteiger partial charge in [-0.15, -0.1) is 0 Å². The summed E-state index contributed by atoms with van der Waals surface area (Å²) < 4.78 is 4.96. The van der Waals surface area contributed by atoms with Gasteiger partial charge in [0.05, 0.1) is 6.61 Å². The first kappa shape index (κ1) is 18.5. The van der Waals surface area contributed by atoms with Gasteiger partial charge in [0, 0.05) is 44.9 Å². The van der Waals surface area contributed by atoms with Gasteiger partial charge in [-0.2, -0.15) is 0 Å². The molecule has 1 aliphatic rings. The van der Waals surface area contributed by atoms with Gasteiger partial charge in [0.15, 0.2) is 0 Å². The quantitative estimate of drug-likeness (QED) is 0.846. The Hall–Kier alpha value is -2.83. The molecule has 0 aliphatic carbocycles. The number of amides is 3. The Morgan fingerprint density at radius 1 is 1.08 bits per heavy atom. The third-order valence-corrected chi connectivity index (χ3v) is 3.77. The number of anilines is 1. The average Bonchev–Trinajstić information content (AvgIpc) is 2.61. The molecule has 7 nitrogen and oxygen atoms in total. The van der Waals surface area contributed by atoms with E-state index in [-0.39, 0.29) is 17.9 Å². The third-order valence-electron chi connectivity index (χ3n) is 3.77. The SMILES string of the molecule is CCOC(=O)N1CCN(C(=O)/C=C/c2ccc(NC(C)=O)cc2)CC1. The minimum atomic E-state index is -0.329. The first-order valence-electron chi connectivity index (χ1n) is 8.26. The van der Waals surface area contributed by atoms with Crippen molar-refractivity contribution in [1.29, 1.82) is 0 Å². The second-order valence-electron chi connectivity index (χ2n) is 5.65. The molecule has 0 aromatic heterocycles. The van der Waals surface area contributed by atoms with Gasteiger partial charge >= 0.3 is 6.09 Å². The maximum atomic E-state index is 12.2. The Morgan fingerprint density at radius 2 is 1.68 bits per heavy atom. The molecule has 2 rings (SSSR count). The Balaban J connectivity index is 1.84. The van der Waals surface area contributed by atoms with Crippen LogP contribution in [-0.2, 0) is 14.3 Å². The monoisotopic (exact) mass is 345 g/mol. The van der Waals surface area contributed by atoms with Crippen LogP contribution in [0.5, 0.6) is 0 Å². The number of benzene rings is 1. The zero-order valence-corrected chi connectivity index (χ0v) is 14.5. The lowest BCUT2D eigenvalue weighted by Gasteiger charge is -2.33. The molecule has 3 amide bonds. The fourth-order valence-electron chi connectivity index (χ4n) is 2.48. The predicted molar refractivity (Wildman–Crippen MR) is 95.0 cm³/mol. The van der Waals surface area contributed by atoms with Crippen LogP contribution in [-0.4, -0.2) is 60.5 Å². The highest BCUT2D eigenvalue weighted by atomic mass is 16.6. The second kappa shape index (κ2) is 8.86. The Kier molecular flexibility index (Phi) is 6.56. The Morgan fingerprint density at radius 3 is 2.24 bits per heavy atom. The van der Waals surface area contributed by atoms with Gasteiger partial charge in [-0.05, 0) is 30.7 Å². The molecular weight excluding hydrogens is 322 g/mol. The van der Waals surface area contributed by atoms with E-state index in [1.165, 1.54) is 13.0 Å². The maximum absolute atomic E-state index is 12.2. The smallest absolute Gasteiger partial charge is 0.409 e. The van der Waals surface area contributed by atoms with Crippen molar-refractivity contribution in [2.24, 2.45) is 0 Å². The molecule has 0 radical (unpaired) electrons. The number of hydrogen-bond donors (Lipinski definition) is 1. The minimum absolute atomic E-state index is 0.0885. The molecule has 1 aliphatic heterocycles. The van der Waals surface area contributed by atoms with Gasteiger partial charge in [-0.1, -0.05) is 12.1 Å². The van der Waals surface area contributed by atoms with E-state index in [9.17, 15) is 14.4 Å². The van der Waals surface area contributed by atoms with Crippen LogP contribution < -0.4 is 5.32 Å². The Bertz CT molecular complexity index is 647. The highest BCUT2D eigenvalue weighted by Crippen LogP contribution is 2.11. The summed E-state index contributed by atoms with van der Waals surface area (Å²) in [7, 11) is 0. The highest BCUT2D eigenvalue weighted by Gasteiger charge is 2.23. The van der Waals surface area contributed by atoms with Crippen LogP contribution in [0.25, 0.3) is 6.08 Å². The highest BCUT2D eigenvalue weighted by molar-refractivity contribution is 5.92. The first-order chi connectivity index (χ1) is 12.0. The van der Waals surface area contributed by atoms with E-state index in [2.05, 4.69) is 5.32 Å². The van der Waals surface area contributed by atoms with Crippen molar-refractivity contribution in [2.45, 2.75) is 13.8 Å². The van der Waals surface area contributed by atoms with E-state index in [1.807, 2.05) is 12.1 Å². The molecule has 25 heavy (non-hydrogen) atoms. The summed E-state index contributed by atoms with van der Waals surface area (Å²) in [5.41, 5.74) is 1.58. The van der Waals surface area contributed by atoms with Gasteiger partial charge in [-0.3, -0.25) is 9.59 Å². The molecule has 0 unspecified atom stereocenters. The lowest BCUT2D eigenvalue weighted by atomic mass is 10.2. The number of piperazine rings is 1. The van der Waals surface area contributed by atoms with Crippen LogP contribution in [0.3, 0.4) is 0 Å². The predicted octanol–water partition coefficient (Wildman–Crippen LogP) is 1.96. The molecule has 1 saturated heterocycles. The molecule has 0 bridgehead atoms. The summed E-state index contributed by atoms with van der Waals surface area (Å²) in [5.74, 6) is -0.213. The summed E-state index contributed by atoms with van der Waals surface area (Å²) in [4.78, 5) is 38.2.